The largest absolute Gasteiger partial charge is 0.356 e. The van der Waals surface area contributed by atoms with Crippen molar-refractivity contribution in [2.45, 2.75) is 58.3 Å². The molecule has 0 bridgehead atoms. The summed E-state index contributed by atoms with van der Waals surface area (Å²) < 4.78 is 0. The molecule has 0 aromatic carbocycles. The van der Waals surface area contributed by atoms with E-state index in [1.165, 1.54) is 38.6 Å². The number of nitrogens with one attached hydrogen (secondary N) is 1. The monoisotopic (exact) mass is 254 g/mol. The Bertz CT molecular complexity index is 225. The Hall–Kier alpha value is -0.570. The van der Waals surface area contributed by atoms with Crippen LogP contribution in [-0.4, -0.2) is 37.5 Å². The molecule has 1 amide bonds. The second-order valence-electron chi connectivity index (χ2n) is 5.64. The number of hydrogen-bond acceptors (Lipinski definition) is 2. The van der Waals surface area contributed by atoms with Crippen LogP contribution in [0.25, 0.3) is 0 Å². The predicted octanol–water partition coefficient (Wildman–Crippen LogP) is 2.80. The van der Waals surface area contributed by atoms with Crippen LogP contribution in [0.1, 0.15) is 58.3 Å². The Morgan fingerprint density at radius 2 is 1.83 bits per heavy atom. The average molecular weight is 254 g/mol. The molecule has 3 nitrogen and oxygen atoms in total. The van der Waals surface area contributed by atoms with Crippen LogP contribution in [0, 0.1) is 5.92 Å². The Balaban J connectivity index is 2.01. The Morgan fingerprint density at radius 3 is 2.50 bits per heavy atom. The lowest BCUT2D eigenvalue weighted by atomic mass is 9.89. The topological polar surface area (TPSA) is 32.3 Å². The van der Waals surface area contributed by atoms with Crippen molar-refractivity contribution in [3.8, 4) is 0 Å². The zero-order valence-corrected chi connectivity index (χ0v) is 12.2. The fourth-order valence-electron chi connectivity index (χ4n) is 2.61. The Kier molecular flexibility index (Phi) is 8.06. The lowest BCUT2D eigenvalue weighted by Gasteiger charge is -2.21. The highest BCUT2D eigenvalue weighted by molar-refractivity contribution is 5.78. The number of amides is 1. The van der Waals surface area contributed by atoms with E-state index in [0.717, 1.165) is 32.4 Å². The molecular weight excluding hydrogens is 224 g/mol. The van der Waals surface area contributed by atoms with E-state index in [4.69, 9.17) is 0 Å². The van der Waals surface area contributed by atoms with Crippen LogP contribution in [-0.2, 0) is 4.79 Å². The molecule has 0 aliphatic heterocycles. The van der Waals surface area contributed by atoms with Gasteiger partial charge in [0.05, 0.1) is 0 Å². The summed E-state index contributed by atoms with van der Waals surface area (Å²) >= 11 is 0. The smallest absolute Gasteiger partial charge is 0.223 e. The first kappa shape index (κ1) is 15.5. The summed E-state index contributed by atoms with van der Waals surface area (Å²) in [6, 6.07) is 0. The highest BCUT2D eigenvalue weighted by Crippen LogP contribution is 2.23. The van der Waals surface area contributed by atoms with Gasteiger partial charge in [0.15, 0.2) is 0 Å². The molecule has 0 atom stereocenters. The summed E-state index contributed by atoms with van der Waals surface area (Å²) in [4.78, 5) is 14.2. The number of carbonyl (C=O) groups is 1. The van der Waals surface area contributed by atoms with E-state index >= 15 is 0 Å². The van der Waals surface area contributed by atoms with Gasteiger partial charge in [0.2, 0.25) is 5.91 Å². The molecule has 3 heteroatoms. The normalized spacial score (nSPS) is 17.1. The van der Waals surface area contributed by atoms with Crippen LogP contribution >= 0.6 is 0 Å². The van der Waals surface area contributed by atoms with E-state index in [2.05, 4.69) is 24.2 Å². The minimum absolute atomic E-state index is 0.297. The number of unbranched alkanes of at least 4 members (excludes halogenated alkanes) is 1. The molecular formula is C15H30N2O. The third-order valence-corrected chi connectivity index (χ3v) is 3.89. The highest BCUT2D eigenvalue weighted by atomic mass is 16.1. The van der Waals surface area contributed by atoms with Crippen molar-refractivity contribution in [3.05, 3.63) is 0 Å². The molecule has 1 N–H and O–H groups in total. The first-order valence-corrected chi connectivity index (χ1v) is 7.70. The van der Waals surface area contributed by atoms with E-state index in [9.17, 15) is 4.79 Å². The van der Waals surface area contributed by atoms with Crippen LogP contribution in [0.3, 0.4) is 0 Å². The van der Waals surface area contributed by atoms with E-state index in [1.54, 1.807) is 0 Å². The number of rotatable bonds is 8. The van der Waals surface area contributed by atoms with Gasteiger partial charge in [-0.05, 0) is 45.8 Å². The second kappa shape index (κ2) is 9.37. The lowest BCUT2D eigenvalue weighted by molar-refractivity contribution is -0.125. The maximum absolute atomic E-state index is 11.9. The van der Waals surface area contributed by atoms with Gasteiger partial charge in [0.25, 0.3) is 0 Å². The molecule has 0 aromatic heterocycles. The fraction of sp³-hybridized carbons (Fsp3) is 0.933. The molecule has 1 rings (SSSR count). The number of carbonyl (C=O) groups excluding carboxylic acids is 1. The average Bonchev–Trinajstić information content (AvgIpc) is 2.42. The van der Waals surface area contributed by atoms with Gasteiger partial charge in [-0.3, -0.25) is 4.79 Å². The first-order valence-electron chi connectivity index (χ1n) is 7.70. The van der Waals surface area contributed by atoms with Gasteiger partial charge in [-0.1, -0.05) is 32.6 Å². The van der Waals surface area contributed by atoms with Crippen molar-refractivity contribution in [1.29, 1.82) is 0 Å². The first-order chi connectivity index (χ1) is 8.74. The Labute approximate surface area is 112 Å². The van der Waals surface area contributed by atoms with Gasteiger partial charge in [-0.2, -0.15) is 0 Å². The summed E-state index contributed by atoms with van der Waals surface area (Å²) in [5, 5.41) is 3.10. The second-order valence-corrected chi connectivity index (χ2v) is 5.64. The third-order valence-electron chi connectivity index (χ3n) is 3.89. The SMILES string of the molecule is CCCCN(C)CCCNC(=O)C1CCCCC1. The van der Waals surface area contributed by atoms with Crippen molar-refractivity contribution in [3.63, 3.8) is 0 Å². The number of nitrogens with zero attached hydrogens (tertiary/aromatic N) is 1. The molecule has 0 spiro atoms. The standard InChI is InChI=1S/C15H30N2O/c1-3-4-12-17(2)13-8-11-16-15(18)14-9-6-5-7-10-14/h14H,3-13H2,1-2H3,(H,16,18). The molecule has 0 heterocycles. The van der Waals surface area contributed by atoms with Crippen LogP contribution in [0.2, 0.25) is 0 Å². The maximum atomic E-state index is 11.9. The summed E-state index contributed by atoms with van der Waals surface area (Å²) in [5.74, 6) is 0.600. The van der Waals surface area contributed by atoms with Gasteiger partial charge >= 0.3 is 0 Å². The molecule has 0 unspecified atom stereocenters. The van der Waals surface area contributed by atoms with E-state index in [1.807, 2.05) is 0 Å². The van der Waals surface area contributed by atoms with Crippen molar-refractivity contribution >= 4 is 5.91 Å². The molecule has 1 fully saturated rings. The molecule has 18 heavy (non-hydrogen) atoms. The fourth-order valence-corrected chi connectivity index (χ4v) is 2.61. The minimum Gasteiger partial charge on any atom is -0.356 e. The zero-order chi connectivity index (χ0) is 13.2. The van der Waals surface area contributed by atoms with Crippen LogP contribution < -0.4 is 5.32 Å². The summed E-state index contributed by atoms with van der Waals surface area (Å²) in [5.41, 5.74) is 0. The van der Waals surface area contributed by atoms with Crippen LogP contribution in [0.4, 0.5) is 0 Å². The molecule has 1 aliphatic carbocycles. The van der Waals surface area contributed by atoms with Gasteiger partial charge in [-0.15, -0.1) is 0 Å². The van der Waals surface area contributed by atoms with E-state index < -0.39 is 0 Å². The molecule has 0 saturated heterocycles. The van der Waals surface area contributed by atoms with E-state index in [-0.39, 0.29) is 0 Å². The summed E-state index contributed by atoms with van der Waals surface area (Å²) in [6.45, 7) is 5.32. The predicted molar refractivity (Wildman–Crippen MR) is 76.6 cm³/mol. The van der Waals surface area contributed by atoms with Crippen molar-refractivity contribution in [1.82, 2.24) is 10.2 Å². The van der Waals surface area contributed by atoms with E-state index in [0.29, 0.717) is 11.8 Å². The van der Waals surface area contributed by atoms with Crippen molar-refractivity contribution in [2.24, 2.45) is 5.92 Å². The Morgan fingerprint density at radius 1 is 1.17 bits per heavy atom. The quantitative estimate of drug-likeness (QED) is 0.676. The molecule has 106 valence electrons. The van der Waals surface area contributed by atoms with Crippen molar-refractivity contribution in [2.75, 3.05) is 26.7 Å². The van der Waals surface area contributed by atoms with Crippen LogP contribution in [0.15, 0.2) is 0 Å². The zero-order valence-electron chi connectivity index (χ0n) is 12.2. The summed E-state index contributed by atoms with van der Waals surface area (Å²) in [6.07, 6.45) is 9.57. The van der Waals surface area contributed by atoms with Gasteiger partial charge in [0, 0.05) is 12.5 Å². The molecule has 0 radical (unpaired) electrons. The lowest BCUT2D eigenvalue weighted by Crippen LogP contribution is -2.34. The van der Waals surface area contributed by atoms with Gasteiger partial charge < -0.3 is 10.2 Å². The van der Waals surface area contributed by atoms with Gasteiger partial charge in [0.1, 0.15) is 0 Å². The highest BCUT2D eigenvalue weighted by Gasteiger charge is 2.20. The molecule has 0 aromatic rings. The third kappa shape index (κ3) is 6.39. The maximum Gasteiger partial charge on any atom is 0.223 e. The molecule has 1 saturated carbocycles. The molecule has 1 aliphatic rings. The van der Waals surface area contributed by atoms with Crippen LogP contribution in [0.5, 0.6) is 0 Å². The van der Waals surface area contributed by atoms with Crippen molar-refractivity contribution < 1.29 is 4.79 Å². The summed E-state index contributed by atoms with van der Waals surface area (Å²) in [7, 11) is 2.17. The minimum atomic E-state index is 0.297. The van der Waals surface area contributed by atoms with Gasteiger partial charge in [-0.25, -0.2) is 0 Å². The number of hydrogen-bond donors (Lipinski definition) is 1.